The summed E-state index contributed by atoms with van der Waals surface area (Å²) in [5.41, 5.74) is 0.659. The predicted octanol–water partition coefficient (Wildman–Crippen LogP) is 4.08. The number of ether oxygens (including phenoxy) is 2. The van der Waals surface area contributed by atoms with E-state index >= 15 is 0 Å². The minimum absolute atomic E-state index is 0.00580. The second-order valence-corrected chi connectivity index (χ2v) is 8.26. The van der Waals surface area contributed by atoms with Crippen molar-refractivity contribution in [2.24, 2.45) is 5.92 Å². The fourth-order valence-corrected chi connectivity index (χ4v) is 3.93. The third kappa shape index (κ3) is 6.13. The molecule has 1 atom stereocenters. The first kappa shape index (κ1) is 23.1. The number of carbonyl (C=O) groups is 1. The molecule has 8 nitrogen and oxygen atoms in total. The van der Waals surface area contributed by atoms with Crippen molar-refractivity contribution in [1.29, 1.82) is 0 Å². The van der Waals surface area contributed by atoms with Gasteiger partial charge in [0.25, 0.3) is 0 Å². The predicted molar refractivity (Wildman–Crippen MR) is 111 cm³/mol. The first-order chi connectivity index (χ1) is 13.8. The molecule has 0 radical (unpaired) electrons. The lowest BCUT2D eigenvalue weighted by atomic mass is 9.91. The summed E-state index contributed by atoms with van der Waals surface area (Å²) in [6.07, 6.45) is 5.80. The van der Waals surface area contributed by atoms with Crippen LogP contribution in [0.4, 0.5) is 11.5 Å². The summed E-state index contributed by atoms with van der Waals surface area (Å²) < 4.78 is 10.2. The SMILES string of the molecule is COC(=O)CC(C)c1cnc(N(CC(C)C)C2CCC(OC)CC2)c([N+](=O)[O-])c1. The monoisotopic (exact) mass is 407 g/mol. The van der Waals surface area contributed by atoms with Gasteiger partial charge in [-0.15, -0.1) is 0 Å². The molecule has 2 rings (SSSR count). The van der Waals surface area contributed by atoms with Gasteiger partial charge in [0.05, 0.1) is 24.6 Å². The Bertz CT molecular complexity index is 702. The molecule has 1 aliphatic rings. The van der Waals surface area contributed by atoms with Gasteiger partial charge in [0.2, 0.25) is 5.82 Å². The number of anilines is 1. The van der Waals surface area contributed by atoms with Crippen molar-refractivity contribution in [2.45, 2.75) is 70.9 Å². The summed E-state index contributed by atoms with van der Waals surface area (Å²) >= 11 is 0. The van der Waals surface area contributed by atoms with Crippen LogP contribution >= 0.6 is 0 Å². The number of aromatic nitrogens is 1. The van der Waals surface area contributed by atoms with Gasteiger partial charge in [-0.1, -0.05) is 20.8 Å². The summed E-state index contributed by atoms with van der Waals surface area (Å²) in [6.45, 7) is 6.75. The number of pyridine rings is 1. The second kappa shape index (κ2) is 10.5. The lowest BCUT2D eigenvalue weighted by molar-refractivity contribution is -0.384. The van der Waals surface area contributed by atoms with E-state index in [1.165, 1.54) is 7.11 Å². The zero-order valence-corrected chi connectivity index (χ0v) is 18.1. The number of nitrogens with zero attached hydrogens (tertiary/aromatic N) is 3. The van der Waals surface area contributed by atoms with Crippen LogP contribution in [0.1, 0.15) is 64.4 Å². The third-order valence-electron chi connectivity index (χ3n) is 5.59. The van der Waals surface area contributed by atoms with Crippen molar-refractivity contribution < 1.29 is 19.2 Å². The highest BCUT2D eigenvalue weighted by molar-refractivity contribution is 5.70. The molecule has 1 unspecified atom stereocenters. The molecule has 1 saturated carbocycles. The maximum absolute atomic E-state index is 11.9. The number of carbonyl (C=O) groups excluding carboxylic acids is 1. The Morgan fingerprint density at radius 3 is 2.45 bits per heavy atom. The second-order valence-electron chi connectivity index (χ2n) is 8.26. The number of nitro groups is 1. The molecule has 0 aliphatic heterocycles. The Balaban J connectivity index is 2.34. The van der Waals surface area contributed by atoms with Crippen LogP contribution in [-0.4, -0.2) is 48.8 Å². The van der Waals surface area contributed by atoms with E-state index in [1.54, 1.807) is 19.4 Å². The number of methoxy groups -OCH3 is 2. The van der Waals surface area contributed by atoms with E-state index in [0.29, 0.717) is 23.8 Å². The van der Waals surface area contributed by atoms with Gasteiger partial charge < -0.3 is 14.4 Å². The Labute approximate surface area is 172 Å². The molecule has 0 spiro atoms. The normalized spacial score (nSPS) is 20.3. The van der Waals surface area contributed by atoms with Gasteiger partial charge in [-0.3, -0.25) is 14.9 Å². The highest BCUT2D eigenvalue weighted by atomic mass is 16.6. The average Bonchev–Trinajstić information content (AvgIpc) is 2.71. The van der Waals surface area contributed by atoms with Crippen LogP contribution in [0.5, 0.6) is 0 Å². The van der Waals surface area contributed by atoms with Crippen molar-refractivity contribution in [1.82, 2.24) is 4.98 Å². The van der Waals surface area contributed by atoms with Gasteiger partial charge in [0, 0.05) is 32.0 Å². The first-order valence-electron chi connectivity index (χ1n) is 10.3. The van der Waals surface area contributed by atoms with Gasteiger partial charge in [-0.2, -0.15) is 0 Å². The number of esters is 1. The summed E-state index contributed by atoms with van der Waals surface area (Å²) in [7, 11) is 3.07. The van der Waals surface area contributed by atoms with E-state index < -0.39 is 0 Å². The van der Waals surface area contributed by atoms with Gasteiger partial charge in [0.15, 0.2) is 0 Å². The smallest absolute Gasteiger partial charge is 0.311 e. The largest absolute Gasteiger partial charge is 0.469 e. The molecule has 0 amide bonds. The molecule has 1 aromatic heterocycles. The van der Waals surface area contributed by atoms with E-state index in [0.717, 1.165) is 25.7 Å². The quantitative estimate of drug-likeness (QED) is 0.346. The van der Waals surface area contributed by atoms with Crippen LogP contribution in [0.2, 0.25) is 0 Å². The van der Waals surface area contributed by atoms with Crippen LogP contribution in [0.3, 0.4) is 0 Å². The molecular weight excluding hydrogens is 374 g/mol. The van der Waals surface area contributed by atoms with Crippen LogP contribution < -0.4 is 4.90 Å². The molecule has 1 fully saturated rings. The maximum Gasteiger partial charge on any atom is 0.311 e. The lowest BCUT2D eigenvalue weighted by Crippen LogP contribution is -2.42. The maximum atomic E-state index is 11.9. The molecule has 0 saturated heterocycles. The van der Waals surface area contributed by atoms with Crippen molar-refractivity contribution >= 4 is 17.5 Å². The summed E-state index contributed by atoms with van der Waals surface area (Å²) in [6, 6.07) is 1.76. The Hall–Kier alpha value is -2.22. The number of hydrogen-bond acceptors (Lipinski definition) is 7. The molecule has 162 valence electrons. The van der Waals surface area contributed by atoms with Crippen LogP contribution in [0.15, 0.2) is 12.3 Å². The van der Waals surface area contributed by atoms with Crippen LogP contribution in [0, 0.1) is 16.0 Å². The molecule has 1 aliphatic carbocycles. The third-order valence-corrected chi connectivity index (χ3v) is 5.59. The van der Waals surface area contributed by atoms with Crippen molar-refractivity contribution in [3.8, 4) is 0 Å². The van der Waals surface area contributed by atoms with Crippen molar-refractivity contribution in [2.75, 3.05) is 25.7 Å². The van der Waals surface area contributed by atoms with Crippen molar-refractivity contribution in [3.05, 3.63) is 27.9 Å². The topological polar surface area (TPSA) is 94.8 Å². The first-order valence-corrected chi connectivity index (χ1v) is 10.3. The fraction of sp³-hybridized carbons (Fsp3) is 0.714. The van der Waals surface area contributed by atoms with E-state index in [-0.39, 0.29) is 41.1 Å². The van der Waals surface area contributed by atoms with Crippen molar-refractivity contribution in [3.63, 3.8) is 0 Å². The summed E-state index contributed by atoms with van der Waals surface area (Å²) in [4.78, 5) is 29.7. The molecule has 29 heavy (non-hydrogen) atoms. The highest BCUT2D eigenvalue weighted by Gasteiger charge is 2.32. The Morgan fingerprint density at radius 2 is 1.93 bits per heavy atom. The number of hydrogen-bond donors (Lipinski definition) is 0. The molecular formula is C21H33N3O5. The van der Waals surface area contributed by atoms with Gasteiger partial charge in [-0.25, -0.2) is 4.98 Å². The zero-order chi connectivity index (χ0) is 21.6. The lowest BCUT2D eigenvalue weighted by Gasteiger charge is -2.38. The van der Waals surface area contributed by atoms with E-state index in [1.807, 2.05) is 6.92 Å². The molecule has 1 aromatic rings. The fourth-order valence-electron chi connectivity index (χ4n) is 3.93. The van der Waals surface area contributed by atoms with Crippen LogP contribution in [0.25, 0.3) is 0 Å². The molecule has 8 heteroatoms. The molecule has 0 bridgehead atoms. The average molecular weight is 408 g/mol. The Morgan fingerprint density at radius 1 is 1.28 bits per heavy atom. The van der Waals surface area contributed by atoms with E-state index in [2.05, 4.69) is 23.7 Å². The van der Waals surface area contributed by atoms with Crippen LogP contribution in [-0.2, 0) is 14.3 Å². The zero-order valence-electron chi connectivity index (χ0n) is 18.1. The molecule has 0 aromatic carbocycles. The molecule has 1 heterocycles. The Kier molecular flexibility index (Phi) is 8.37. The van der Waals surface area contributed by atoms with E-state index in [4.69, 9.17) is 9.47 Å². The van der Waals surface area contributed by atoms with Gasteiger partial charge in [0.1, 0.15) is 0 Å². The van der Waals surface area contributed by atoms with Gasteiger partial charge in [-0.05, 0) is 43.1 Å². The van der Waals surface area contributed by atoms with E-state index in [9.17, 15) is 14.9 Å². The number of rotatable bonds is 9. The minimum Gasteiger partial charge on any atom is -0.469 e. The summed E-state index contributed by atoms with van der Waals surface area (Å²) in [5.74, 6) is 0.201. The molecule has 0 N–H and O–H groups in total. The minimum atomic E-state index is -0.370. The van der Waals surface area contributed by atoms with Gasteiger partial charge >= 0.3 is 11.7 Å². The summed E-state index contributed by atoms with van der Waals surface area (Å²) in [5, 5.41) is 11.9. The standard InChI is InChI=1S/C21H33N3O5/c1-14(2)13-23(17-6-8-18(28-4)9-7-17)21-19(24(26)27)11-16(12-22-21)15(3)10-20(25)29-5/h11-12,14-15,17-18H,6-10,13H2,1-5H3. The highest BCUT2D eigenvalue weighted by Crippen LogP contribution is 2.35.